The van der Waals surface area contributed by atoms with Gasteiger partial charge in [-0.05, 0) is 24.2 Å². The maximum atomic E-state index is 11.6. The predicted molar refractivity (Wildman–Crippen MR) is 77.5 cm³/mol. The van der Waals surface area contributed by atoms with E-state index in [1.165, 1.54) is 12.3 Å². The third-order valence-corrected chi connectivity index (χ3v) is 3.42. The monoisotopic (exact) mass is 306 g/mol. The minimum atomic E-state index is -0.231. The molecule has 0 amide bonds. The second-order valence-corrected chi connectivity index (χ2v) is 5.11. The number of nitrogens with two attached hydrogens (primary N) is 1. The Labute approximate surface area is 124 Å². The second-order valence-electron chi connectivity index (χ2n) is 4.13. The molecule has 0 bridgehead atoms. The fourth-order valence-electron chi connectivity index (χ4n) is 1.65. The molecule has 0 aliphatic rings. The van der Waals surface area contributed by atoms with Gasteiger partial charge in [-0.25, -0.2) is 4.98 Å². The molecule has 0 saturated carbocycles. The Hall–Kier alpha value is -2.42. The number of nitrogens with zero attached hydrogens (tertiary/aromatic N) is 4. The number of aryl methyl sites for hydroxylation is 1. The zero-order chi connectivity index (χ0) is 15.2. The minimum Gasteiger partial charge on any atom is -0.409 e. The molecule has 8 nitrogen and oxygen atoms in total. The van der Waals surface area contributed by atoms with E-state index >= 15 is 0 Å². The Bertz CT molecular complexity index is 715. The molecule has 0 atom stereocenters. The van der Waals surface area contributed by atoms with Crippen LogP contribution in [0.3, 0.4) is 0 Å². The smallest absolute Gasteiger partial charge is 0.251 e. The Morgan fingerprint density at radius 1 is 1.57 bits per heavy atom. The van der Waals surface area contributed by atoms with Gasteiger partial charge in [0.2, 0.25) is 0 Å². The third-order valence-electron chi connectivity index (χ3n) is 2.54. The van der Waals surface area contributed by atoms with Crippen LogP contribution in [0.2, 0.25) is 0 Å². The summed E-state index contributed by atoms with van der Waals surface area (Å²) in [6, 6.07) is 3.03. The summed E-state index contributed by atoms with van der Waals surface area (Å²) in [6.45, 7) is 2.01. The lowest BCUT2D eigenvalue weighted by atomic mass is 10.2. The van der Waals surface area contributed by atoms with E-state index in [-0.39, 0.29) is 11.4 Å². The molecule has 9 heteroatoms. The molecular weight excluding hydrogens is 292 g/mol. The van der Waals surface area contributed by atoms with Gasteiger partial charge in [0.1, 0.15) is 5.03 Å². The zero-order valence-electron chi connectivity index (χ0n) is 11.3. The molecule has 0 unspecified atom stereocenters. The van der Waals surface area contributed by atoms with Crippen LogP contribution in [0.5, 0.6) is 0 Å². The van der Waals surface area contributed by atoms with Crippen molar-refractivity contribution in [2.45, 2.75) is 29.9 Å². The molecule has 110 valence electrons. The Balaban J connectivity index is 2.37. The van der Waals surface area contributed by atoms with Crippen molar-refractivity contribution in [1.82, 2.24) is 20.2 Å². The molecule has 2 rings (SSSR count). The number of aromatic nitrogens is 4. The Kier molecular flexibility index (Phi) is 4.88. The molecule has 2 aromatic heterocycles. The van der Waals surface area contributed by atoms with Gasteiger partial charge in [0.15, 0.2) is 11.0 Å². The number of oxime groups is 1. The van der Waals surface area contributed by atoms with Crippen LogP contribution in [0, 0.1) is 0 Å². The quantitative estimate of drug-likeness (QED) is 0.244. The summed E-state index contributed by atoms with van der Waals surface area (Å²) in [7, 11) is 0. The molecule has 0 aromatic carbocycles. The van der Waals surface area contributed by atoms with Crippen molar-refractivity contribution in [3.63, 3.8) is 0 Å². The van der Waals surface area contributed by atoms with Crippen molar-refractivity contribution in [3.8, 4) is 0 Å². The number of H-pyrrole nitrogens is 1. The van der Waals surface area contributed by atoms with Gasteiger partial charge < -0.3 is 15.9 Å². The van der Waals surface area contributed by atoms with Gasteiger partial charge in [0.25, 0.3) is 5.56 Å². The predicted octanol–water partition coefficient (Wildman–Crippen LogP) is 0.758. The van der Waals surface area contributed by atoms with Crippen LogP contribution in [-0.2, 0) is 6.42 Å². The normalized spacial score (nSPS) is 11.6. The summed E-state index contributed by atoms with van der Waals surface area (Å²) in [5.41, 5.74) is 6.48. The second kappa shape index (κ2) is 6.84. The number of hydrogen-bond acceptors (Lipinski definition) is 7. The Morgan fingerprint density at radius 2 is 2.38 bits per heavy atom. The number of amidine groups is 1. The van der Waals surface area contributed by atoms with Crippen LogP contribution in [0.1, 0.15) is 24.6 Å². The summed E-state index contributed by atoms with van der Waals surface area (Å²) < 4.78 is 0. The standard InChI is InChI=1S/C12H14N6O2S/c1-2-3-7-6-9(19)16-12(15-7)21-11-8(10(13)18-20)4-5-14-17-11/h4-6,20H,2-3H2,1H3,(H2,13,18)(H,15,16,19). The summed E-state index contributed by atoms with van der Waals surface area (Å²) in [6.07, 6.45) is 3.03. The van der Waals surface area contributed by atoms with E-state index in [0.29, 0.717) is 27.9 Å². The maximum absolute atomic E-state index is 11.6. The first-order valence-corrected chi connectivity index (χ1v) is 7.03. The van der Waals surface area contributed by atoms with Crippen molar-refractivity contribution in [2.24, 2.45) is 10.9 Å². The number of aromatic amines is 1. The molecule has 4 N–H and O–H groups in total. The first kappa shape index (κ1) is 15.0. The molecule has 0 spiro atoms. The number of rotatable bonds is 5. The first-order chi connectivity index (χ1) is 10.1. The highest BCUT2D eigenvalue weighted by Gasteiger charge is 2.12. The van der Waals surface area contributed by atoms with E-state index in [0.717, 1.165) is 18.2 Å². The van der Waals surface area contributed by atoms with Gasteiger partial charge in [-0.2, -0.15) is 5.10 Å². The zero-order valence-corrected chi connectivity index (χ0v) is 12.1. The van der Waals surface area contributed by atoms with Crippen LogP contribution in [-0.4, -0.2) is 31.2 Å². The van der Waals surface area contributed by atoms with Crippen LogP contribution >= 0.6 is 11.8 Å². The van der Waals surface area contributed by atoms with E-state index in [2.05, 4.69) is 25.3 Å². The molecule has 2 aromatic rings. The Morgan fingerprint density at radius 3 is 3.10 bits per heavy atom. The number of hydrogen-bond donors (Lipinski definition) is 3. The van der Waals surface area contributed by atoms with Gasteiger partial charge in [0.05, 0.1) is 11.8 Å². The molecule has 0 aliphatic heterocycles. The van der Waals surface area contributed by atoms with Crippen molar-refractivity contribution in [3.05, 3.63) is 39.9 Å². The molecule has 0 aliphatic carbocycles. The van der Waals surface area contributed by atoms with Crippen LogP contribution in [0.4, 0.5) is 0 Å². The van der Waals surface area contributed by atoms with Crippen LogP contribution in [0.25, 0.3) is 0 Å². The van der Waals surface area contributed by atoms with E-state index < -0.39 is 0 Å². The van der Waals surface area contributed by atoms with Crippen molar-refractivity contribution in [1.29, 1.82) is 0 Å². The average molecular weight is 306 g/mol. The molecule has 0 fully saturated rings. The van der Waals surface area contributed by atoms with E-state index in [4.69, 9.17) is 10.9 Å². The summed E-state index contributed by atoms with van der Waals surface area (Å²) >= 11 is 1.10. The van der Waals surface area contributed by atoms with E-state index in [1.807, 2.05) is 6.92 Å². The summed E-state index contributed by atoms with van der Waals surface area (Å²) in [5, 5.41) is 20.2. The van der Waals surface area contributed by atoms with Crippen LogP contribution in [0.15, 0.2) is 38.5 Å². The number of nitrogens with one attached hydrogen (secondary N) is 1. The lowest BCUT2D eigenvalue weighted by molar-refractivity contribution is 0.318. The maximum Gasteiger partial charge on any atom is 0.251 e. The van der Waals surface area contributed by atoms with Crippen molar-refractivity contribution < 1.29 is 5.21 Å². The SMILES string of the molecule is CCCc1cc(=O)[nH]c(Sc2nnccc2/C(N)=N/O)n1. The van der Waals surface area contributed by atoms with Gasteiger partial charge >= 0.3 is 0 Å². The van der Waals surface area contributed by atoms with E-state index in [9.17, 15) is 4.79 Å². The van der Waals surface area contributed by atoms with E-state index in [1.54, 1.807) is 6.07 Å². The van der Waals surface area contributed by atoms with Crippen LogP contribution < -0.4 is 11.3 Å². The average Bonchev–Trinajstić information content (AvgIpc) is 2.47. The van der Waals surface area contributed by atoms with Gasteiger partial charge in [-0.3, -0.25) is 4.79 Å². The first-order valence-electron chi connectivity index (χ1n) is 6.21. The minimum absolute atomic E-state index is 0.0838. The highest BCUT2D eigenvalue weighted by Crippen LogP contribution is 2.24. The fourth-order valence-corrected chi connectivity index (χ4v) is 2.52. The molecule has 2 heterocycles. The molecule has 0 saturated heterocycles. The highest BCUT2D eigenvalue weighted by atomic mass is 32.2. The van der Waals surface area contributed by atoms with Crippen molar-refractivity contribution in [2.75, 3.05) is 0 Å². The summed E-state index contributed by atoms with van der Waals surface area (Å²) in [5.74, 6) is -0.0838. The third kappa shape index (κ3) is 3.78. The van der Waals surface area contributed by atoms with Crippen molar-refractivity contribution >= 4 is 17.6 Å². The molecule has 0 radical (unpaired) electrons. The molecule has 21 heavy (non-hydrogen) atoms. The van der Waals surface area contributed by atoms with Gasteiger partial charge in [-0.15, -0.1) is 5.10 Å². The highest BCUT2D eigenvalue weighted by molar-refractivity contribution is 7.99. The topological polar surface area (TPSA) is 130 Å². The summed E-state index contributed by atoms with van der Waals surface area (Å²) in [4.78, 5) is 18.6. The fraction of sp³-hybridized carbons (Fsp3) is 0.250. The lowest BCUT2D eigenvalue weighted by Crippen LogP contribution is -2.16. The molecular formula is C12H14N6O2S. The lowest BCUT2D eigenvalue weighted by Gasteiger charge is -2.06. The van der Waals surface area contributed by atoms with Gasteiger partial charge in [-0.1, -0.05) is 18.5 Å². The van der Waals surface area contributed by atoms with Gasteiger partial charge in [0, 0.05) is 11.8 Å². The largest absolute Gasteiger partial charge is 0.409 e.